The number of aromatic nitrogens is 1. The molecule has 0 fully saturated rings. The van der Waals surface area contributed by atoms with Gasteiger partial charge in [0, 0.05) is 17.1 Å². The van der Waals surface area contributed by atoms with Crippen molar-refractivity contribution in [2.24, 2.45) is 5.73 Å². The fourth-order valence-electron chi connectivity index (χ4n) is 2.37. The minimum absolute atomic E-state index is 0. The Bertz CT molecular complexity index is 741. The van der Waals surface area contributed by atoms with Crippen molar-refractivity contribution in [1.82, 2.24) is 4.98 Å². The molecule has 0 radical (unpaired) electrons. The van der Waals surface area contributed by atoms with Crippen LogP contribution in [0, 0.1) is 6.92 Å². The molecule has 23 heavy (non-hydrogen) atoms. The zero-order valence-electron chi connectivity index (χ0n) is 13.0. The summed E-state index contributed by atoms with van der Waals surface area (Å²) in [5, 5.41) is 3.43. The van der Waals surface area contributed by atoms with Gasteiger partial charge in [-0.25, -0.2) is 0 Å². The maximum absolute atomic E-state index is 5.93. The molecule has 0 saturated carbocycles. The zero-order chi connectivity index (χ0) is 14.8. The number of pyridine rings is 1. The van der Waals surface area contributed by atoms with Gasteiger partial charge >= 0.3 is 0 Å². The average Bonchev–Trinajstić information content (AvgIpc) is 3.06. The minimum Gasteiger partial charge on any atom is -0.467 e. The summed E-state index contributed by atoms with van der Waals surface area (Å²) in [5.41, 5.74) is 9.35. The number of thiophene rings is 1. The van der Waals surface area contributed by atoms with Crippen molar-refractivity contribution < 1.29 is 4.42 Å². The predicted octanol–water partition coefficient (Wildman–Crippen LogP) is 4.54. The Hall–Kier alpha value is -1.27. The summed E-state index contributed by atoms with van der Waals surface area (Å²) in [7, 11) is 0. The number of nitrogens with zero attached hydrogens (tertiary/aromatic N) is 1. The van der Waals surface area contributed by atoms with Gasteiger partial charge in [0.05, 0.1) is 28.7 Å². The molecule has 0 amide bonds. The summed E-state index contributed by atoms with van der Waals surface area (Å²) >= 11 is 1.78. The SMILES string of the molecule is Cc1c(CC(C)N)sc2c(NCc3ccco3)ccnc12.Cl.Cl. The molecule has 3 aromatic rings. The molecule has 126 valence electrons. The summed E-state index contributed by atoms with van der Waals surface area (Å²) in [6.07, 6.45) is 4.43. The van der Waals surface area contributed by atoms with E-state index >= 15 is 0 Å². The Morgan fingerprint density at radius 1 is 1.35 bits per heavy atom. The third-order valence-corrected chi connectivity index (χ3v) is 4.78. The van der Waals surface area contributed by atoms with Crippen molar-refractivity contribution in [1.29, 1.82) is 0 Å². The van der Waals surface area contributed by atoms with Gasteiger partial charge in [0.1, 0.15) is 5.76 Å². The number of anilines is 1. The van der Waals surface area contributed by atoms with Crippen LogP contribution in [0.3, 0.4) is 0 Å². The van der Waals surface area contributed by atoms with Crippen molar-refractivity contribution in [2.45, 2.75) is 32.9 Å². The number of nitrogens with one attached hydrogen (secondary N) is 1. The molecule has 3 N–H and O–H groups in total. The normalized spacial score (nSPS) is 11.6. The molecule has 0 bridgehead atoms. The third kappa shape index (κ3) is 4.38. The lowest BCUT2D eigenvalue weighted by Crippen LogP contribution is -2.17. The fourth-order valence-corrected chi connectivity index (χ4v) is 3.77. The standard InChI is InChI=1S/C16H19N3OS.2ClH/c1-10(17)8-14-11(2)15-16(21-14)13(5-6-18-15)19-9-12-4-3-7-20-12;;/h3-7,10H,8-9,17H2,1-2H3,(H,18,19);2*1H. The highest BCUT2D eigenvalue weighted by atomic mass is 35.5. The molecule has 1 atom stereocenters. The van der Waals surface area contributed by atoms with Crippen LogP contribution in [-0.4, -0.2) is 11.0 Å². The van der Waals surface area contributed by atoms with Crippen molar-refractivity contribution >= 4 is 52.1 Å². The van der Waals surface area contributed by atoms with Crippen molar-refractivity contribution in [3.63, 3.8) is 0 Å². The van der Waals surface area contributed by atoms with Gasteiger partial charge in [0.2, 0.25) is 0 Å². The minimum atomic E-state index is 0. The summed E-state index contributed by atoms with van der Waals surface area (Å²) in [5.74, 6) is 0.920. The predicted molar refractivity (Wildman–Crippen MR) is 102 cm³/mol. The van der Waals surface area contributed by atoms with Crippen LogP contribution in [0.15, 0.2) is 35.1 Å². The monoisotopic (exact) mass is 373 g/mol. The molecule has 3 rings (SSSR count). The molecule has 0 aromatic carbocycles. The summed E-state index contributed by atoms with van der Waals surface area (Å²) < 4.78 is 6.55. The first-order chi connectivity index (χ1) is 10.1. The highest BCUT2D eigenvalue weighted by Crippen LogP contribution is 2.35. The van der Waals surface area contributed by atoms with E-state index in [4.69, 9.17) is 10.2 Å². The van der Waals surface area contributed by atoms with Crippen LogP contribution in [0.2, 0.25) is 0 Å². The second-order valence-corrected chi connectivity index (χ2v) is 6.41. The van der Waals surface area contributed by atoms with Crippen molar-refractivity contribution in [3.8, 4) is 0 Å². The Kier molecular flexibility index (Phi) is 7.35. The zero-order valence-corrected chi connectivity index (χ0v) is 15.5. The quantitative estimate of drug-likeness (QED) is 0.688. The Morgan fingerprint density at radius 3 is 2.78 bits per heavy atom. The molecule has 3 heterocycles. The largest absolute Gasteiger partial charge is 0.467 e. The summed E-state index contributed by atoms with van der Waals surface area (Å²) in [6.45, 7) is 4.83. The molecule has 0 aliphatic heterocycles. The number of hydrogen-bond donors (Lipinski definition) is 2. The van der Waals surface area contributed by atoms with Gasteiger partial charge in [-0.3, -0.25) is 4.98 Å². The molecular weight excluding hydrogens is 353 g/mol. The second-order valence-electron chi connectivity index (χ2n) is 5.30. The van der Waals surface area contributed by atoms with Crippen LogP contribution in [0.1, 0.15) is 23.1 Å². The van der Waals surface area contributed by atoms with Gasteiger partial charge in [-0.05, 0) is 44.0 Å². The fraction of sp³-hybridized carbons (Fsp3) is 0.312. The lowest BCUT2D eigenvalue weighted by molar-refractivity contribution is 0.518. The maximum atomic E-state index is 5.93. The van der Waals surface area contributed by atoms with Gasteiger partial charge < -0.3 is 15.5 Å². The molecule has 4 nitrogen and oxygen atoms in total. The van der Waals surface area contributed by atoms with Gasteiger partial charge in [-0.1, -0.05) is 0 Å². The van der Waals surface area contributed by atoms with E-state index in [2.05, 4.69) is 17.2 Å². The van der Waals surface area contributed by atoms with Crippen LogP contribution in [0.25, 0.3) is 10.2 Å². The highest BCUT2D eigenvalue weighted by Gasteiger charge is 2.13. The Labute approximate surface area is 152 Å². The molecule has 0 spiro atoms. The van der Waals surface area contributed by atoms with Crippen LogP contribution in [-0.2, 0) is 13.0 Å². The van der Waals surface area contributed by atoms with Gasteiger partial charge in [0.15, 0.2) is 0 Å². The van der Waals surface area contributed by atoms with Crippen molar-refractivity contribution in [3.05, 3.63) is 46.9 Å². The smallest absolute Gasteiger partial charge is 0.122 e. The third-order valence-electron chi connectivity index (χ3n) is 3.44. The topological polar surface area (TPSA) is 64.1 Å². The number of furan rings is 1. The number of fused-ring (bicyclic) bond motifs is 1. The van der Waals surface area contributed by atoms with Crippen molar-refractivity contribution in [2.75, 3.05) is 5.32 Å². The summed E-state index contributed by atoms with van der Waals surface area (Å²) in [4.78, 5) is 5.84. The van der Waals surface area contributed by atoms with E-state index in [1.807, 2.05) is 31.3 Å². The average molecular weight is 374 g/mol. The maximum Gasteiger partial charge on any atom is 0.122 e. The highest BCUT2D eigenvalue weighted by molar-refractivity contribution is 7.19. The molecule has 0 saturated heterocycles. The molecule has 1 unspecified atom stereocenters. The Morgan fingerprint density at radius 2 is 2.13 bits per heavy atom. The lowest BCUT2D eigenvalue weighted by atomic mass is 10.1. The Balaban J connectivity index is 0.00000132. The number of hydrogen-bond acceptors (Lipinski definition) is 5. The van der Waals surface area contributed by atoms with E-state index in [-0.39, 0.29) is 30.9 Å². The van der Waals surface area contributed by atoms with Crippen LogP contribution in [0.4, 0.5) is 5.69 Å². The first-order valence-electron chi connectivity index (χ1n) is 7.04. The lowest BCUT2D eigenvalue weighted by Gasteiger charge is -2.05. The number of halogens is 2. The number of nitrogens with two attached hydrogens (primary N) is 1. The van der Waals surface area contributed by atoms with E-state index in [1.54, 1.807) is 17.6 Å². The van der Waals surface area contributed by atoms with Crippen LogP contribution >= 0.6 is 36.2 Å². The molecule has 3 aromatic heterocycles. The van der Waals surface area contributed by atoms with E-state index in [1.165, 1.54) is 15.1 Å². The van der Waals surface area contributed by atoms with Gasteiger partial charge in [0.25, 0.3) is 0 Å². The first-order valence-corrected chi connectivity index (χ1v) is 7.85. The van der Waals surface area contributed by atoms with E-state index in [0.717, 1.165) is 23.4 Å². The van der Waals surface area contributed by atoms with Crippen LogP contribution in [0.5, 0.6) is 0 Å². The first kappa shape index (κ1) is 19.8. The summed E-state index contributed by atoms with van der Waals surface area (Å²) in [6, 6.07) is 6.04. The van der Waals surface area contributed by atoms with E-state index in [0.29, 0.717) is 6.54 Å². The van der Waals surface area contributed by atoms with Gasteiger partial charge in [-0.15, -0.1) is 36.2 Å². The molecule has 0 aliphatic carbocycles. The molecule has 7 heteroatoms. The van der Waals surface area contributed by atoms with Gasteiger partial charge in [-0.2, -0.15) is 0 Å². The van der Waals surface area contributed by atoms with Crippen LogP contribution < -0.4 is 11.1 Å². The van der Waals surface area contributed by atoms with E-state index < -0.39 is 0 Å². The van der Waals surface area contributed by atoms with E-state index in [9.17, 15) is 0 Å². The molecule has 0 aliphatic rings. The second kappa shape index (κ2) is 8.55. The number of aryl methyl sites for hydroxylation is 1. The number of rotatable bonds is 5. The molecular formula is C16H21Cl2N3OS.